The highest BCUT2D eigenvalue weighted by molar-refractivity contribution is 5.53. The quantitative estimate of drug-likeness (QED) is 0.885. The van der Waals surface area contributed by atoms with E-state index in [1.165, 1.54) is 16.8 Å². The second kappa shape index (κ2) is 5.23. The first kappa shape index (κ1) is 11.3. The monoisotopic (exact) mass is 239 g/mol. The van der Waals surface area contributed by atoms with Crippen LogP contribution in [0.15, 0.2) is 54.6 Å². The van der Waals surface area contributed by atoms with Crippen LogP contribution < -0.4 is 5.32 Å². The number of ether oxygens (including phenoxy) is 1. The Bertz CT molecular complexity index is 506. The van der Waals surface area contributed by atoms with Crippen molar-refractivity contribution >= 4 is 5.69 Å². The van der Waals surface area contributed by atoms with Gasteiger partial charge in [-0.1, -0.05) is 48.5 Å². The van der Waals surface area contributed by atoms with Gasteiger partial charge in [-0.05, 0) is 23.6 Å². The molecule has 1 N–H and O–H groups in total. The zero-order valence-corrected chi connectivity index (χ0v) is 10.3. The van der Waals surface area contributed by atoms with E-state index in [-0.39, 0.29) is 0 Å². The molecule has 0 bridgehead atoms. The Morgan fingerprint density at radius 1 is 0.944 bits per heavy atom. The highest BCUT2D eigenvalue weighted by Gasteiger charge is 2.18. The van der Waals surface area contributed by atoms with Crippen molar-refractivity contribution in [2.45, 2.75) is 12.5 Å². The van der Waals surface area contributed by atoms with Crippen LogP contribution in [0, 0.1) is 0 Å². The Kier molecular flexibility index (Phi) is 3.29. The number of rotatable bonds is 4. The molecule has 92 valence electrons. The molecule has 2 nitrogen and oxygen atoms in total. The summed E-state index contributed by atoms with van der Waals surface area (Å²) in [7, 11) is 0. The SMILES string of the molecule is c1ccc(Cc2ccccc2NC2COC2)cc1. The van der Waals surface area contributed by atoms with Gasteiger partial charge in [0.05, 0.1) is 19.3 Å². The van der Waals surface area contributed by atoms with Crippen LogP contribution in [0.3, 0.4) is 0 Å². The van der Waals surface area contributed by atoms with Crippen molar-refractivity contribution in [1.29, 1.82) is 0 Å². The van der Waals surface area contributed by atoms with Crippen LogP contribution >= 0.6 is 0 Å². The molecule has 1 fully saturated rings. The molecule has 1 saturated heterocycles. The average Bonchev–Trinajstić information content (AvgIpc) is 2.37. The van der Waals surface area contributed by atoms with Crippen LogP contribution in [0.4, 0.5) is 5.69 Å². The van der Waals surface area contributed by atoms with Crippen LogP contribution in [-0.2, 0) is 11.2 Å². The van der Waals surface area contributed by atoms with Crippen molar-refractivity contribution in [3.8, 4) is 0 Å². The largest absolute Gasteiger partial charge is 0.377 e. The molecule has 2 aromatic rings. The van der Waals surface area contributed by atoms with Crippen LogP contribution in [-0.4, -0.2) is 19.3 Å². The van der Waals surface area contributed by atoms with Gasteiger partial charge < -0.3 is 10.1 Å². The molecule has 1 aliphatic heterocycles. The molecule has 3 rings (SSSR count). The number of benzene rings is 2. The van der Waals surface area contributed by atoms with E-state index in [2.05, 4.69) is 59.9 Å². The maximum absolute atomic E-state index is 5.20. The molecule has 0 amide bonds. The Morgan fingerprint density at radius 3 is 2.39 bits per heavy atom. The van der Waals surface area contributed by atoms with Crippen LogP contribution in [0.5, 0.6) is 0 Å². The third kappa shape index (κ3) is 2.54. The van der Waals surface area contributed by atoms with Crippen LogP contribution in [0.25, 0.3) is 0 Å². The highest BCUT2D eigenvalue weighted by atomic mass is 16.5. The molecule has 18 heavy (non-hydrogen) atoms. The normalized spacial score (nSPS) is 15.1. The summed E-state index contributed by atoms with van der Waals surface area (Å²) in [5, 5.41) is 3.54. The number of nitrogens with one attached hydrogen (secondary N) is 1. The lowest BCUT2D eigenvalue weighted by atomic mass is 10.0. The minimum absolute atomic E-state index is 0.474. The summed E-state index contributed by atoms with van der Waals surface area (Å²) in [6, 6.07) is 19.6. The standard InChI is InChI=1S/C16H17NO/c1-2-6-13(7-3-1)10-14-8-4-5-9-16(14)17-15-11-18-12-15/h1-9,15,17H,10-12H2. The molecule has 0 spiro atoms. The zero-order valence-electron chi connectivity index (χ0n) is 10.3. The number of hydrogen-bond donors (Lipinski definition) is 1. The zero-order chi connectivity index (χ0) is 12.2. The first-order chi connectivity index (χ1) is 8.92. The third-order valence-corrected chi connectivity index (χ3v) is 3.25. The molecule has 0 aliphatic carbocycles. The molecular formula is C16H17NO. The lowest BCUT2D eigenvalue weighted by Crippen LogP contribution is -2.40. The second-order valence-electron chi connectivity index (χ2n) is 4.70. The molecule has 2 aromatic carbocycles. The topological polar surface area (TPSA) is 21.3 Å². The van der Waals surface area contributed by atoms with E-state index in [0.717, 1.165) is 19.6 Å². The molecule has 0 radical (unpaired) electrons. The predicted octanol–water partition coefficient (Wildman–Crippen LogP) is 3.09. The van der Waals surface area contributed by atoms with Crippen molar-refractivity contribution in [2.75, 3.05) is 18.5 Å². The summed E-state index contributed by atoms with van der Waals surface area (Å²) in [5.74, 6) is 0. The highest BCUT2D eigenvalue weighted by Crippen LogP contribution is 2.21. The van der Waals surface area contributed by atoms with E-state index in [0.29, 0.717) is 6.04 Å². The lowest BCUT2D eigenvalue weighted by Gasteiger charge is -2.28. The molecular weight excluding hydrogens is 222 g/mol. The van der Waals surface area contributed by atoms with Crippen molar-refractivity contribution in [1.82, 2.24) is 0 Å². The Morgan fingerprint density at radius 2 is 1.67 bits per heavy atom. The maximum atomic E-state index is 5.20. The van der Waals surface area contributed by atoms with Gasteiger partial charge in [-0.2, -0.15) is 0 Å². The van der Waals surface area contributed by atoms with Gasteiger partial charge in [-0.3, -0.25) is 0 Å². The van der Waals surface area contributed by atoms with Gasteiger partial charge in [-0.15, -0.1) is 0 Å². The Labute approximate surface area is 108 Å². The third-order valence-electron chi connectivity index (χ3n) is 3.25. The van der Waals surface area contributed by atoms with Gasteiger partial charge in [0.25, 0.3) is 0 Å². The van der Waals surface area contributed by atoms with E-state index in [1.54, 1.807) is 0 Å². The van der Waals surface area contributed by atoms with Crippen molar-refractivity contribution in [3.63, 3.8) is 0 Å². The predicted molar refractivity (Wildman–Crippen MR) is 73.9 cm³/mol. The molecule has 0 aromatic heterocycles. The molecule has 1 heterocycles. The van der Waals surface area contributed by atoms with E-state index < -0.39 is 0 Å². The Hall–Kier alpha value is -1.80. The van der Waals surface area contributed by atoms with Crippen molar-refractivity contribution < 1.29 is 4.74 Å². The summed E-state index contributed by atoms with van der Waals surface area (Å²) in [4.78, 5) is 0. The van der Waals surface area contributed by atoms with E-state index in [9.17, 15) is 0 Å². The summed E-state index contributed by atoms with van der Waals surface area (Å²) in [6.45, 7) is 1.64. The van der Waals surface area contributed by atoms with Gasteiger partial charge in [0.15, 0.2) is 0 Å². The van der Waals surface area contributed by atoms with Crippen LogP contribution in [0.1, 0.15) is 11.1 Å². The minimum atomic E-state index is 0.474. The van der Waals surface area contributed by atoms with E-state index in [4.69, 9.17) is 4.74 Å². The van der Waals surface area contributed by atoms with Crippen molar-refractivity contribution in [3.05, 3.63) is 65.7 Å². The van der Waals surface area contributed by atoms with Gasteiger partial charge in [0, 0.05) is 5.69 Å². The fraction of sp³-hybridized carbons (Fsp3) is 0.250. The van der Waals surface area contributed by atoms with Gasteiger partial charge in [-0.25, -0.2) is 0 Å². The maximum Gasteiger partial charge on any atom is 0.0728 e. The summed E-state index contributed by atoms with van der Waals surface area (Å²) < 4.78 is 5.20. The van der Waals surface area contributed by atoms with Crippen molar-refractivity contribution in [2.24, 2.45) is 0 Å². The fourth-order valence-corrected chi connectivity index (χ4v) is 2.17. The number of hydrogen-bond acceptors (Lipinski definition) is 2. The molecule has 1 aliphatic rings. The second-order valence-corrected chi connectivity index (χ2v) is 4.70. The van der Waals surface area contributed by atoms with E-state index >= 15 is 0 Å². The molecule has 0 saturated carbocycles. The molecule has 0 atom stereocenters. The Balaban J connectivity index is 1.78. The van der Waals surface area contributed by atoms with Gasteiger partial charge >= 0.3 is 0 Å². The smallest absolute Gasteiger partial charge is 0.0728 e. The fourth-order valence-electron chi connectivity index (χ4n) is 2.17. The molecule has 2 heteroatoms. The summed E-state index contributed by atoms with van der Waals surface area (Å²) in [5.41, 5.74) is 3.92. The number of anilines is 1. The first-order valence-corrected chi connectivity index (χ1v) is 6.38. The molecule has 0 unspecified atom stereocenters. The summed E-state index contributed by atoms with van der Waals surface area (Å²) >= 11 is 0. The minimum Gasteiger partial charge on any atom is -0.377 e. The van der Waals surface area contributed by atoms with E-state index in [1.807, 2.05) is 0 Å². The summed E-state index contributed by atoms with van der Waals surface area (Å²) in [6.07, 6.45) is 0.970. The van der Waals surface area contributed by atoms with Crippen LogP contribution in [0.2, 0.25) is 0 Å². The first-order valence-electron chi connectivity index (χ1n) is 6.38. The average molecular weight is 239 g/mol. The van der Waals surface area contributed by atoms with Gasteiger partial charge in [0.1, 0.15) is 0 Å². The number of para-hydroxylation sites is 1. The van der Waals surface area contributed by atoms with Gasteiger partial charge in [0.2, 0.25) is 0 Å². The lowest BCUT2D eigenvalue weighted by molar-refractivity contribution is 0.0211.